The van der Waals surface area contributed by atoms with E-state index in [0.717, 1.165) is 6.42 Å². The first-order valence-electron chi connectivity index (χ1n) is 5.64. The van der Waals surface area contributed by atoms with Crippen LogP contribution in [0.25, 0.3) is 0 Å². The second kappa shape index (κ2) is 9.58. The summed E-state index contributed by atoms with van der Waals surface area (Å²) in [5.41, 5.74) is 0. The van der Waals surface area contributed by atoms with E-state index in [0.29, 0.717) is 10.3 Å². The summed E-state index contributed by atoms with van der Waals surface area (Å²) in [5.74, 6) is 0. The van der Waals surface area contributed by atoms with Crippen LogP contribution in [-0.2, 0) is 33.0 Å². The summed E-state index contributed by atoms with van der Waals surface area (Å²) >= 11 is -0.106. The van der Waals surface area contributed by atoms with Crippen LogP contribution in [0.1, 0.15) is 48.0 Å². The number of halogens is 2. The molecule has 0 aromatic carbocycles. The molecule has 1 aliphatic carbocycles. The zero-order valence-electron chi connectivity index (χ0n) is 11.8. The van der Waals surface area contributed by atoms with Crippen molar-refractivity contribution in [3.63, 3.8) is 0 Å². The fraction of sp³-hybridized carbons (Fsp3) is 0.692. The van der Waals surface area contributed by atoms with Gasteiger partial charge in [0.15, 0.2) is 0 Å². The van der Waals surface area contributed by atoms with Gasteiger partial charge in [-0.2, -0.15) is 0 Å². The number of allylic oxidation sites excluding steroid dienone is 4. The van der Waals surface area contributed by atoms with Crippen LogP contribution in [-0.4, -0.2) is 10.3 Å². The Kier molecular flexibility index (Phi) is 11.7. The summed E-state index contributed by atoms with van der Waals surface area (Å²) in [6.07, 6.45) is 8.16. The fourth-order valence-corrected chi connectivity index (χ4v) is 6.50. The van der Waals surface area contributed by atoms with Gasteiger partial charge in [0.1, 0.15) is 0 Å². The summed E-state index contributed by atoms with van der Waals surface area (Å²) in [4.78, 5) is 0. The maximum Gasteiger partial charge on any atom is 0 e. The van der Waals surface area contributed by atoms with Crippen LogP contribution < -0.4 is 0 Å². The monoisotopic (exact) mass is 442 g/mol. The van der Waals surface area contributed by atoms with E-state index < -0.39 is 0 Å². The van der Waals surface area contributed by atoms with Crippen LogP contribution in [0, 0.1) is 0 Å². The van der Waals surface area contributed by atoms with Gasteiger partial charge in [-0.1, -0.05) is 67.7 Å². The third-order valence-corrected chi connectivity index (χ3v) is 5.88. The van der Waals surface area contributed by atoms with Crippen LogP contribution in [0.3, 0.4) is 0 Å². The molecule has 0 saturated carbocycles. The van der Waals surface area contributed by atoms with Crippen LogP contribution in [0.4, 0.5) is 0 Å². The molecule has 0 saturated heterocycles. The molecule has 0 radical (unpaired) electrons. The summed E-state index contributed by atoms with van der Waals surface area (Å²) in [5, 5.41) is 2.42. The Labute approximate surface area is 141 Å². The zero-order valence-corrected chi connectivity index (χ0v) is 16.9. The maximum atomic E-state index is 4.81. The smallest absolute Gasteiger partial charge is 0 e. The molecule has 0 aliphatic heterocycles. The van der Waals surface area contributed by atoms with Crippen molar-refractivity contribution in [3.8, 4) is 0 Å². The van der Waals surface area contributed by atoms with Gasteiger partial charge in [-0.25, -0.2) is 0 Å². The molecule has 0 fully saturated rings. The average molecular weight is 443 g/mol. The predicted octanol–water partition coefficient (Wildman–Crippen LogP) is 6.28. The topological polar surface area (TPSA) is 0 Å². The van der Waals surface area contributed by atoms with E-state index in [1.54, 1.807) is 5.31 Å². The minimum atomic E-state index is -0.106. The van der Waals surface area contributed by atoms with Crippen molar-refractivity contribution in [1.29, 1.82) is 0 Å². The third-order valence-electron chi connectivity index (χ3n) is 2.35. The average Bonchev–Trinajstić information content (AvgIpc) is 2.52. The van der Waals surface area contributed by atoms with Gasteiger partial charge < -0.3 is 0 Å². The zero-order chi connectivity index (χ0) is 13.7. The molecule has 18 heavy (non-hydrogen) atoms. The first-order valence-corrected chi connectivity index (χ1v) is 11.0. The Hall–Kier alpha value is 1.67. The Morgan fingerprint density at radius 3 is 1.67 bits per heavy atom. The summed E-state index contributed by atoms with van der Waals surface area (Å²) < 4.78 is 0. The van der Waals surface area contributed by atoms with Crippen molar-refractivity contribution < 1.29 is 33.0 Å². The van der Waals surface area contributed by atoms with Crippen LogP contribution in [0.15, 0.2) is 23.5 Å². The van der Waals surface area contributed by atoms with E-state index in [1.807, 2.05) is 0 Å². The Morgan fingerprint density at radius 1 is 1.06 bits per heavy atom. The number of hydrogen-bond acceptors (Lipinski definition) is 0. The van der Waals surface area contributed by atoms with Crippen LogP contribution in [0.2, 0.25) is 0 Å². The van der Waals surface area contributed by atoms with E-state index in [9.17, 15) is 0 Å². The molecule has 1 aliphatic rings. The van der Waals surface area contributed by atoms with Gasteiger partial charge in [-0.15, -0.1) is 0 Å². The normalized spacial score (nSPS) is 15.1. The Balaban J connectivity index is 0. The largest absolute Gasteiger partial charge is 0 e. The minimum Gasteiger partial charge on any atom is 0 e. The molecule has 5 heteroatoms. The second-order valence-electron chi connectivity index (χ2n) is 5.99. The summed E-state index contributed by atoms with van der Waals surface area (Å²) in [6, 6.07) is 0. The van der Waals surface area contributed by atoms with Gasteiger partial charge >= 0.3 is 35.0 Å². The van der Waals surface area contributed by atoms with Crippen LogP contribution in [0.5, 0.6) is 0 Å². The quantitative estimate of drug-likeness (QED) is 0.330. The van der Waals surface area contributed by atoms with Crippen molar-refractivity contribution in [3.05, 3.63) is 23.5 Å². The van der Waals surface area contributed by atoms with Crippen molar-refractivity contribution >= 4 is 27.0 Å². The molecule has 0 aromatic heterocycles. The minimum absolute atomic E-state index is 0. The fourth-order valence-electron chi connectivity index (χ4n) is 2.39. The molecule has 0 spiro atoms. The Morgan fingerprint density at radius 2 is 1.44 bits per heavy atom. The molecule has 0 bridgehead atoms. The molecule has 0 atom stereocenters. The molecule has 0 aromatic rings. The van der Waals surface area contributed by atoms with Gasteiger partial charge in [0.2, 0.25) is 0 Å². The van der Waals surface area contributed by atoms with E-state index in [-0.39, 0.29) is 40.9 Å². The van der Waals surface area contributed by atoms with Crippen molar-refractivity contribution in [2.24, 2.45) is 0 Å². The van der Waals surface area contributed by atoms with Gasteiger partial charge in [0.05, 0.1) is 0 Å². The van der Waals surface area contributed by atoms with E-state index in [1.165, 1.54) is 0 Å². The molecular weight excluding hydrogens is 420 g/mol. The SMILES string of the molecule is CC(C)(C)P(C1=CCC=C1)C(C)(C)C.[Cl][Pd][Cl].[Fe]. The van der Waals surface area contributed by atoms with E-state index >= 15 is 0 Å². The van der Waals surface area contributed by atoms with Crippen molar-refractivity contribution in [2.45, 2.75) is 58.3 Å². The summed E-state index contributed by atoms with van der Waals surface area (Å²) in [7, 11) is 9.56. The second-order valence-corrected chi connectivity index (χ2v) is 12.2. The van der Waals surface area contributed by atoms with Crippen molar-refractivity contribution in [2.75, 3.05) is 0 Å². The number of hydrogen-bond donors (Lipinski definition) is 0. The molecule has 112 valence electrons. The van der Waals surface area contributed by atoms with Gasteiger partial charge in [0, 0.05) is 17.1 Å². The number of rotatable bonds is 1. The third kappa shape index (κ3) is 8.07. The van der Waals surface area contributed by atoms with Gasteiger partial charge in [-0.05, 0) is 22.0 Å². The van der Waals surface area contributed by atoms with Crippen molar-refractivity contribution in [1.82, 2.24) is 0 Å². The first-order chi connectivity index (χ1) is 7.64. The molecular formula is C13H23Cl2FePPd. The van der Waals surface area contributed by atoms with Gasteiger partial charge in [0.25, 0.3) is 0 Å². The molecule has 0 unspecified atom stereocenters. The molecule has 0 heterocycles. The predicted molar refractivity (Wildman–Crippen MR) is 80.0 cm³/mol. The maximum absolute atomic E-state index is 4.81. The molecule has 1 rings (SSSR count). The molecule has 0 N–H and O–H groups in total. The molecule has 0 amide bonds. The molecule has 0 nitrogen and oxygen atoms in total. The summed E-state index contributed by atoms with van der Waals surface area (Å²) in [6.45, 7) is 14.2. The Bertz CT molecular complexity index is 276. The van der Waals surface area contributed by atoms with Crippen LogP contribution >= 0.6 is 27.0 Å². The van der Waals surface area contributed by atoms with E-state index in [2.05, 4.69) is 59.8 Å². The standard InChI is InChI=1S/C13H23P.2ClH.Fe.Pd/c1-12(2,3)14(13(4,5)6)11-9-7-8-10-11;;;;/h7,9-10H,8H2,1-6H3;2*1H;;/q;;;;+2/p-2. The van der Waals surface area contributed by atoms with E-state index in [4.69, 9.17) is 19.1 Å². The first kappa shape index (κ1) is 22.0. The van der Waals surface area contributed by atoms with Gasteiger partial charge in [-0.3, -0.25) is 0 Å².